The standard InChI is InChI=1S/C9H10BrNO/c10-7-3-8(6-1-2-6)9(5-12)11-4-7/h3-4,6,12H,1-2,5H2. The number of aromatic nitrogens is 1. The van der Waals surface area contributed by atoms with Gasteiger partial charge in [-0.25, -0.2) is 0 Å². The van der Waals surface area contributed by atoms with E-state index in [0.29, 0.717) is 5.92 Å². The number of hydrogen-bond acceptors (Lipinski definition) is 2. The van der Waals surface area contributed by atoms with Crippen LogP contribution < -0.4 is 0 Å². The van der Waals surface area contributed by atoms with E-state index in [0.717, 1.165) is 10.2 Å². The average Bonchev–Trinajstić information content (AvgIpc) is 2.87. The Labute approximate surface area is 79.8 Å². The molecule has 64 valence electrons. The van der Waals surface area contributed by atoms with Crippen LogP contribution in [0.3, 0.4) is 0 Å². The summed E-state index contributed by atoms with van der Waals surface area (Å²) >= 11 is 3.38. The van der Waals surface area contributed by atoms with E-state index in [-0.39, 0.29) is 6.61 Å². The molecule has 1 aliphatic rings. The number of pyridine rings is 1. The van der Waals surface area contributed by atoms with Gasteiger partial charge >= 0.3 is 0 Å². The highest BCUT2D eigenvalue weighted by molar-refractivity contribution is 9.10. The first-order valence-electron chi connectivity index (χ1n) is 4.06. The summed E-state index contributed by atoms with van der Waals surface area (Å²) in [5.41, 5.74) is 2.05. The van der Waals surface area contributed by atoms with Crippen molar-refractivity contribution in [3.8, 4) is 0 Å². The smallest absolute Gasteiger partial charge is 0.0855 e. The third-order valence-electron chi connectivity index (χ3n) is 2.14. The third kappa shape index (κ3) is 1.52. The summed E-state index contributed by atoms with van der Waals surface area (Å²) < 4.78 is 1.00. The first-order chi connectivity index (χ1) is 5.81. The zero-order chi connectivity index (χ0) is 8.55. The highest BCUT2D eigenvalue weighted by Crippen LogP contribution is 2.41. The van der Waals surface area contributed by atoms with E-state index in [1.54, 1.807) is 6.20 Å². The van der Waals surface area contributed by atoms with Crippen molar-refractivity contribution in [3.05, 3.63) is 28.0 Å². The normalized spacial score (nSPS) is 16.5. The molecule has 1 aliphatic carbocycles. The van der Waals surface area contributed by atoms with Crippen LogP contribution in [0.5, 0.6) is 0 Å². The van der Waals surface area contributed by atoms with E-state index in [9.17, 15) is 0 Å². The van der Waals surface area contributed by atoms with Crippen LogP contribution in [-0.4, -0.2) is 10.1 Å². The van der Waals surface area contributed by atoms with Crippen LogP contribution in [0, 0.1) is 0 Å². The summed E-state index contributed by atoms with van der Waals surface area (Å²) in [6.45, 7) is 0.0547. The van der Waals surface area contributed by atoms with Gasteiger partial charge in [0.15, 0.2) is 0 Å². The lowest BCUT2D eigenvalue weighted by molar-refractivity contribution is 0.275. The van der Waals surface area contributed by atoms with Gasteiger partial charge in [0.2, 0.25) is 0 Å². The molecule has 0 bridgehead atoms. The minimum Gasteiger partial charge on any atom is -0.390 e. The Kier molecular flexibility index (Phi) is 2.15. The molecular weight excluding hydrogens is 218 g/mol. The number of nitrogens with zero attached hydrogens (tertiary/aromatic N) is 1. The van der Waals surface area contributed by atoms with Gasteiger partial charge in [-0.15, -0.1) is 0 Å². The zero-order valence-electron chi connectivity index (χ0n) is 6.63. The second kappa shape index (κ2) is 3.15. The Morgan fingerprint density at radius 1 is 1.58 bits per heavy atom. The predicted molar refractivity (Wildman–Crippen MR) is 49.8 cm³/mol. The summed E-state index contributed by atoms with van der Waals surface area (Å²) in [7, 11) is 0. The summed E-state index contributed by atoms with van der Waals surface area (Å²) in [6, 6.07) is 2.07. The number of rotatable bonds is 2. The zero-order valence-corrected chi connectivity index (χ0v) is 8.21. The van der Waals surface area contributed by atoms with E-state index < -0.39 is 0 Å². The Balaban J connectivity index is 2.39. The lowest BCUT2D eigenvalue weighted by atomic mass is 10.1. The first-order valence-corrected chi connectivity index (χ1v) is 4.85. The largest absolute Gasteiger partial charge is 0.390 e. The fourth-order valence-electron chi connectivity index (χ4n) is 1.36. The topological polar surface area (TPSA) is 33.1 Å². The van der Waals surface area contributed by atoms with E-state index in [1.807, 2.05) is 0 Å². The van der Waals surface area contributed by atoms with Crippen LogP contribution in [0.1, 0.15) is 30.0 Å². The maximum atomic E-state index is 9.01. The maximum Gasteiger partial charge on any atom is 0.0855 e. The van der Waals surface area contributed by atoms with Crippen LogP contribution in [-0.2, 0) is 6.61 Å². The summed E-state index contributed by atoms with van der Waals surface area (Å²) in [5, 5.41) is 9.01. The molecule has 1 fully saturated rings. The van der Waals surface area contributed by atoms with Crippen molar-refractivity contribution in [2.75, 3.05) is 0 Å². The number of halogens is 1. The molecule has 0 saturated heterocycles. The summed E-state index contributed by atoms with van der Waals surface area (Å²) in [6.07, 6.45) is 4.22. The van der Waals surface area contributed by atoms with Gasteiger partial charge in [-0.3, -0.25) is 4.98 Å². The second-order valence-electron chi connectivity index (χ2n) is 3.12. The Morgan fingerprint density at radius 2 is 2.33 bits per heavy atom. The molecule has 0 unspecified atom stereocenters. The van der Waals surface area contributed by atoms with E-state index >= 15 is 0 Å². The van der Waals surface area contributed by atoms with Crippen LogP contribution in [0.2, 0.25) is 0 Å². The highest BCUT2D eigenvalue weighted by atomic mass is 79.9. The van der Waals surface area contributed by atoms with E-state index in [1.165, 1.54) is 18.4 Å². The van der Waals surface area contributed by atoms with Crippen molar-refractivity contribution in [2.45, 2.75) is 25.4 Å². The van der Waals surface area contributed by atoms with Crippen LogP contribution in [0.15, 0.2) is 16.7 Å². The van der Waals surface area contributed by atoms with Crippen molar-refractivity contribution >= 4 is 15.9 Å². The highest BCUT2D eigenvalue weighted by Gasteiger charge is 2.26. The van der Waals surface area contributed by atoms with Gasteiger partial charge < -0.3 is 5.11 Å². The van der Waals surface area contributed by atoms with Crippen LogP contribution in [0.25, 0.3) is 0 Å². The maximum absolute atomic E-state index is 9.01. The van der Waals surface area contributed by atoms with Gasteiger partial charge in [-0.1, -0.05) is 0 Å². The molecule has 12 heavy (non-hydrogen) atoms. The van der Waals surface area contributed by atoms with Crippen molar-refractivity contribution in [3.63, 3.8) is 0 Å². The molecule has 1 saturated carbocycles. The average molecular weight is 228 g/mol. The molecule has 0 atom stereocenters. The molecule has 0 amide bonds. The monoisotopic (exact) mass is 227 g/mol. The van der Waals surface area contributed by atoms with Crippen molar-refractivity contribution in [1.82, 2.24) is 4.98 Å². The van der Waals surface area contributed by atoms with Crippen molar-refractivity contribution in [2.24, 2.45) is 0 Å². The molecule has 1 N–H and O–H groups in total. The Morgan fingerprint density at radius 3 is 2.92 bits per heavy atom. The quantitative estimate of drug-likeness (QED) is 0.841. The molecule has 1 aromatic heterocycles. The lowest BCUT2D eigenvalue weighted by Gasteiger charge is -2.04. The number of hydrogen-bond donors (Lipinski definition) is 1. The van der Waals surface area contributed by atoms with Gasteiger partial charge in [-0.2, -0.15) is 0 Å². The molecule has 0 radical (unpaired) electrons. The molecule has 2 nitrogen and oxygen atoms in total. The molecule has 1 aromatic rings. The molecular formula is C9H10BrNO. The molecule has 0 aromatic carbocycles. The van der Waals surface area contributed by atoms with Gasteiger partial charge in [0.1, 0.15) is 0 Å². The van der Waals surface area contributed by atoms with E-state index in [2.05, 4.69) is 27.0 Å². The minimum atomic E-state index is 0.0547. The van der Waals surface area contributed by atoms with Crippen molar-refractivity contribution in [1.29, 1.82) is 0 Å². The first kappa shape index (κ1) is 8.20. The minimum absolute atomic E-state index is 0.0547. The molecule has 0 aliphatic heterocycles. The Bertz CT molecular complexity index is 297. The molecule has 2 rings (SSSR count). The fraction of sp³-hybridized carbons (Fsp3) is 0.444. The second-order valence-corrected chi connectivity index (χ2v) is 4.04. The van der Waals surface area contributed by atoms with Gasteiger partial charge in [0.05, 0.1) is 12.3 Å². The SMILES string of the molecule is OCc1ncc(Br)cc1C1CC1. The van der Waals surface area contributed by atoms with Crippen LogP contribution >= 0.6 is 15.9 Å². The van der Waals surface area contributed by atoms with Gasteiger partial charge in [0.25, 0.3) is 0 Å². The predicted octanol–water partition coefficient (Wildman–Crippen LogP) is 2.21. The Hall–Kier alpha value is -0.410. The number of aliphatic hydroxyl groups is 1. The third-order valence-corrected chi connectivity index (χ3v) is 2.57. The molecule has 0 spiro atoms. The number of aliphatic hydroxyl groups excluding tert-OH is 1. The fourth-order valence-corrected chi connectivity index (χ4v) is 1.71. The van der Waals surface area contributed by atoms with Gasteiger partial charge in [-0.05, 0) is 46.3 Å². The molecule has 1 heterocycles. The van der Waals surface area contributed by atoms with Crippen molar-refractivity contribution < 1.29 is 5.11 Å². The lowest BCUT2D eigenvalue weighted by Crippen LogP contribution is -1.95. The van der Waals surface area contributed by atoms with E-state index in [4.69, 9.17) is 5.11 Å². The van der Waals surface area contributed by atoms with Crippen LogP contribution in [0.4, 0.5) is 0 Å². The summed E-state index contributed by atoms with van der Waals surface area (Å²) in [5.74, 6) is 0.650. The van der Waals surface area contributed by atoms with Gasteiger partial charge in [0, 0.05) is 10.7 Å². The molecule has 3 heteroatoms. The summed E-state index contributed by atoms with van der Waals surface area (Å²) in [4.78, 5) is 4.16.